The number of hydrogen-bond donors (Lipinski definition) is 3. The second-order valence-electron chi connectivity index (χ2n) is 8.29. The van der Waals surface area contributed by atoms with Gasteiger partial charge in [0.05, 0.1) is 24.4 Å². The van der Waals surface area contributed by atoms with Gasteiger partial charge in [-0.2, -0.15) is 0 Å². The van der Waals surface area contributed by atoms with Crippen LogP contribution in [-0.4, -0.2) is 42.0 Å². The molecular weight excluding hydrogens is 439 g/mol. The van der Waals surface area contributed by atoms with Gasteiger partial charge in [0.1, 0.15) is 16.4 Å². The van der Waals surface area contributed by atoms with Crippen molar-refractivity contribution in [3.63, 3.8) is 0 Å². The lowest BCUT2D eigenvalue weighted by molar-refractivity contribution is -0.137. The predicted molar refractivity (Wildman–Crippen MR) is 117 cm³/mol. The summed E-state index contributed by atoms with van der Waals surface area (Å²) in [6, 6.07) is 2.57. The van der Waals surface area contributed by atoms with E-state index in [0.29, 0.717) is 16.7 Å². The van der Waals surface area contributed by atoms with Crippen LogP contribution in [0.25, 0.3) is 34.0 Å². The first kappa shape index (κ1) is 21.7. The number of carboxylic acids is 1. The van der Waals surface area contributed by atoms with E-state index >= 15 is 4.39 Å². The first-order valence-electron chi connectivity index (χ1n) is 9.73. The topological polar surface area (TPSA) is 130 Å². The molecular formula is C21H20ClFN6O3. The smallest absolute Gasteiger partial charge is 0.305 e. The molecule has 4 aromatic rings. The standard InChI is InChI=1S/C21H20ClFN6O3/c1-21(2,3)12(7-14(30)31)26-19-15(23)17(11-5-4-6-32-11)28-18(29-19)10-8-24-20-16(10)27-13(22)9-25-20/h4-6,8-9,12H,7H2,1-3H3,(H,24,25)(H,30,31)(H,26,28,29). The van der Waals surface area contributed by atoms with Crippen molar-refractivity contribution in [3.05, 3.63) is 41.8 Å². The molecule has 4 rings (SSSR count). The van der Waals surface area contributed by atoms with Crippen molar-refractivity contribution in [3.8, 4) is 22.8 Å². The molecule has 0 aliphatic carbocycles. The highest BCUT2D eigenvalue weighted by Gasteiger charge is 2.30. The Hall–Kier alpha value is -3.53. The number of carboxylic acid groups (broad SMARTS) is 1. The fourth-order valence-electron chi connectivity index (χ4n) is 3.19. The van der Waals surface area contributed by atoms with E-state index in [2.05, 4.69) is 30.2 Å². The molecule has 0 saturated carbocycles. The number of aliphatic carboxylic acids is 1. The van der Waals surface area contributed by atoms with Gasteiger partial charge in [-0.05, 0) is 17.5 Å². The second-order valence-corrected chi connectivity index (χ2v) is 8.68. The van der Waals surface area contributed by atoms with Crippen LogP contribution in [0, 0.1) is 11.2 Å². The van der Waals surface area contributed by atoms with Gasteiger partial charge in [-0.25, -0.2) is 24.3 Å². The minimum absolute atomic E-state index is 0.0742. The Morgan fingerprint density at radius 1 is 1.34 bits per heavy atom. The van der Waals surface area contributed by atoms with Crippen LogP contribution < -0.4 is 5.32 Å². The quantitative estimate of drug-likeness (QED) is 0.376. The maximum absolute atomic E-state index is 15.5. The Bertz CT molecular complexity index is 1280. The fraction of sp³-hybridized carbons (Fsp3) is 0.286. The zero-order chi connectivity index (χ0) is 23.0. The zero-order valence-electron chi connectivity index (χ0n) is 17.5. The maximum Gasteiger partial charge on any atom is 0.305 e. The summed E-state index contributed by atoms with van der Waals surface area (Å²) in [6.07, 6.45) is 4.18. The number of fused-ring (bicyclic) bond motifs is 1. The molecule has 1 atom stereocenters. The van der Waals surface area contributed by atoms with Gasteiger partial charge in [0.2, 0.25) is 0 Å². The van der Waals surface area contributed by atoms with Crippen molar-refractivity contribution >= 4 is 34.6 Å². The molecule has 11 heteroatoms. The number of nitrogens with one attached hydrogen (secondary N) is 2. The highest BCUT2D eigenvalue weighted by Crippen LogP contribution is 2.33. The van der Waals surface area contributed by atoms with Crippen LogP contribution in [-0.2, 0) is 4.79 Å². The molecule has 0 aliphatic heterocycles. The highest BCUT2D eigenvalue weighted by molar-refractivity contribution is 6.29. The number of H-pyrrole nitrogens is 1. The molecule has 0 spiro atoms. The lowest BCUT2D eigenvalue weighted by Crippen LogP contribution is -2.36. The van der Waals surface area contributed by atoms with Gasteiger partial charge in [0.15, 0.2) is 28.9 Å². The number of anilines is 1. The van der Waals surface area contributed by atoms with E-state index in [-0.39, 0.29) is 34.7 Å². The molecule has 0 saturated heterocycles. The van der Waals surface area contributed by atoms with Gasteiger partial charge in [0.25, 0.3) is 0 Å². The van der Waals surface area contributed by atoms with E-state index in [4.69, 9.17) is 16.0 Å². The molecule has 1 unspecified atom stereocenters. The number of carbonyl (C=O) groups is 1. The van der Waals surface area contributed by atoms with Gasteiger partial charge in [0, 0.05) is 12.2 Å². The summed E-state index contributed by atoms with van der Waals surface area (Å²) in [6.45, 7) is 5.58. The normalized spacial score (nSPS) is 12.8. The molecule has 0 fully saturated rings. The predicted octanol–water partition coefficient (Wildman–Crippen LogP) is 4.77. The summed E-state index contributed by atoms with van der Waals surface area (Å²) >= 11 is 6.00. The number of aromatic nitrogens is 5. The summed E-state index contributed by atoms with van der Waals surface area (Å²) in [5.41, 5.74) is 0.759. The van der Waals surface area contributed by atoms with E-state index in [1.54, 1.807) is 18.3 Å². The Morgan fingerprint density at radius 3 is 2.78 bits per heavy atom. The third-order valence-corrected chi connectivity index (χ3v) is 5.12. The van der Waals surface area contributed by atoms with Crippen molar-refractivity contribution < 1.29 is 18.7 Å². The molecule has 166 valence electrons. The van der Waals surface area contributed by atoms with Crippen LogP contribution in [0.5, 0.6) is 0 Å². The van der Waals surface area contributed by atoms with Gasteiger partial charge >= 0.3 is 5.97 Å². The van der Waals surface area contributed by atoms with Crippen molar-refractivity contribution in [1.82, 2.24) is 24.9 Å². The second kappa shape index (κ2) is 8.19. The molecule has 0 bridgehead atoms. The van der Waals surface area contributed by atoms with Crippen LogP contribution in [0.4, 0.5) is 10.2 Å². The SMILES string of the molecule is CC(C)(C)C(CC(=O)O)Nc1nc(-c2c[nH]c3ncc(Cl)nc23)nc(-c2ccco2)c1F. The van der Waals surface area contributed by atoms with Crippen molar-refractivity contribution in [2.45, 2.75) is 33.2 Å². The van der Waals surface area contributed by atoms with Gasteiger partial charge in [-0.1, -0.05) is 32.4 Å². The Morgan fingerprint density at radius 2 is 2.12 bits per heavy atom. The minimum Gasteiger partial charge on any atom is -0.481 e. The van der Waals surface area contributed by atoms with Crippen LogP contribution >= 0.6 is 11.6 Å². The first-order valence-corrected chi connectivity index (χ1v) is 10.1. The number of furan rings is 1. The average molecular weight is 459 g/mol. The van der Waals surface area contributed by atoms with E-state index in [1.165, 1.54) is 12.5 Å². The minimum atomic E-state index is -1.01. The summed E-state index contributed by atoms with van der Waals surface area (Å²) in [5.74, 6) is -1.58. The van der Waals surface area contributed by atoms with Gasteiger partial charge < -0.3 is 19.8 Å². The number of halogens is 2. The molecule has 32 heavy (non-hydrogen) atoms. The largest absolute Gasteiger partial charge is 0.481 e. The summed E-state index contributed by atoms with van der Waals surface area (Å²) in [7, 11) is 0. The molecule has 0 aromatic carbocycles. The molecule has 3 N–H and O–H groups in total. The van der Waals surface area contributed by atoms with Crippen LogP contribution in [0.1, 0.15) is 27.2 Å². The number of aromatic amines is 1. The monoisotopic (exact) mass is 458 g/mol. The lowest BCUT2D eigenvalue weighted by atomic mass is 9.84. The summed E-state index contributed by atoms with van der Waals surface area (Å²) in [5, 5.41) is 12.5. The Balaban J connectivity index is 1.89. The third-order valence-electron chi connectivity index (χ3n) is 4.93. The van der Waals surface area contributed by atoms with Gasteiger partial charge in [-0.15, -0.1) is 0 Å². The van der Waals surface area contributed by atoms with E-state index < -0.39 is 23.2 Å². The average Bonchev–Trinajstić information content (AvgIpc) is 3.37. The molecule has 0 aliphatic rings. The van der Waals surface area contributed by atoms with Crippen molar-refractivity contribution in [1.29, 1.82) is 0 Å². The Labute approximate surface area is 187 Å². The fourth-order valence-corrected chi connectivity index (χ4v) is 3.33. The third kappa shape index (κ3) is 4.26. The van der Waals surface area contributed by atoms with E-state index in [1.807, 2.05) is 20.8 Å². The maximum atomic E-state index is 15.5. The van der Waals surface area contributed by atoms with Gasteiger partial charge in [-0.3, -0.25) is 4.79 Å². The molecule has 0 radical (unpaired) electrons. The van der Waals surface area contributed by atoms with E-state index in [0.717, 1.165) is 0 Å². The Kier molecular flexibility index (Phi) is 5.55. The number of rotatable bonds is 6. The van der Waals surface area contributed by atoms with E-state index in [9.17, 15) is 9.90 Å². The number of hydrogen-bond acceptors (Lipinski definition) is 7. The van der Waals surface area contributed by atoms with Crippen LogP contribution in [0.2, 0.25) is 5.15 Å². The first-order chi connectivity index (χ1) is 15.1. The summed E-state index contributed by atoms with van der Waals surface area (Å²) in [4.78, 5) is 31.5. The zero-order valence-corrected chi connectivity index (χ0v) is 18.2. The molecule has 4 heterocycles. The molecule has 9 nitrogen and oxygen atoms in total. The van der Waals surface area contributed by atoms with Crippen LogP contribution in [0.3, 0.4) is 0 Å². The van der Waals surface area contributed by atoms with Crippen molar-refractivity contribution in [2.24, 2.45) is 5.41 Å². The number of nitrogens with zero attached hydrogens (tertiary/aromatic N) is 4. The highest BCUT2D eigenvalue weighted by atomic mass is 35.5. The molecule has 4 aromatic heterocycles. The van der Waals surface area contributed by atoms with Crippen LogP contribution in [0.15, 0.2) is 35.2 Å². The van der Waals surface area contributed by atoms with Crippen molar-refractivity contribution in [2.75, 3.05) is 5.32 Å². The molecule has 0 amide bonds. The lowest BCUT2D eigenvalue weighted by Gasteiger charge is -2.31. The summed E-state index contributed by atoms with van der Waals surface area (Å²) < 4.78 is 20.8.